The summed E-state index contributed by atoms with van der Waals surface area (Å²) in [5, 5.41) is 13.7. The maximum Gasteiger partial charge on any atom is 0.322 e. The third kappa shape index (κ3) is 4.71. The van der Waals surface area contributed by atoms with Crippen LogP contribution in [0, 0.1) is 5.92 Å². The summed E-state index contributed by atoms with van der Waals surface area (Å²) in [7, 11) is 0. The second kappa shape index (κ2) is 8.46. The van der Waals surface area contributed by atoms with Crippen molar-refractivity contribution in [2.45, 2.75) is 5.92 Å². The van der Waals surface area contributed by atoms with E-state index in [-0.39, 0.29) is 17.7 Å². The molecule has 1 aliphatic rings. The third-order valence-electron chi connectivity index (χ3n) is 4.46. The second-order valence-electron chi connectivity index (χ2n) is 6.30. The standard InChI is InChI=1S/C20H20N2O5/c23-18(24)10-21-19(25)14-6-8-15(9-7-14)22-20(26)17-12-27-11-16(17)13-4-2-1-3-5-13/h1-9,16-17H,10-12H2,(H,21,25)(H,22,26)(H,23,24). The van der Waals surface area contributed by atoms with Crippen molar-refractivity contribution < 1.29 is 24.2 Å². The highest BCUT2D eigenvalue weighted by atomic mass is 16.5. The number of amides is 2. The summed E-state index contributed by atoms with van der Waals surface area (Å²) in [4.78, 5) is 35.0. The number of hydrogen-bond acceptors (Lipinski definition) is 4. The van der Waals surface area contributed by atoms with Crippen molar-refractivity contribution >= 4 is 23.5 Å². The molecule has 0 saturated carbocycles. The highest BCUT2D eigenvalue weighted by molar-refractivity contribution is 5.97. The van der Waals surface area contributed by atoms with Gasteiger partial charge in [0.15, 0.2) is 0 Å². The van der Waals surface area contributed by atoms with Gasteiger partial charge in [-0.3, -0.25) is 14.4 Å². The number of aliphatic carboxylic acids is 1. The Bertz CT molecular complexity index is 820. The lowest BCUT2D eigenvalue weighted by atomic mass is 9.88. The Morgan fingerprint density at radius 2 is 1.70 bits per heavy atom. The second-order valence-corrected chi connectivity index (χ2v) is 6.30. The fourth-order valence-corrected chi connectivity index (χ4v) is 3.04. The minimum atomic E-state index is -1.11. The van der Waals surface area contributed by atoms with Crippen molar-refractivity contribution in [2.75, 3.05) is 25.1 Å². The van der Waals surface area contributed by atoms with Gasteiger partial charge >= 0.3 is 5.97 Å². The van der Waals surface area contributed by atoms with Gasteiger partial charge in [0.05, 0.1) is 19.1 Å². The van der Waals surface area contributed by atoms with Gasteiger partial charge in [-0.1, -0.05) is 30.3 Å². The van der Waals surface area contributed by atoms with E-state index in [1.807, 2.05) is 30.3 Å². The molecule has 0 aliphatic carbocycles. The van der Waals surface area contributed by atoms with E-state index in [2.05, 4.69) is 10.6 Å². The van der Waals surface area contributed by atoms with E-state index in [0.29, 0.717) is 24.5 Å². The molecule has 1 aliphatic heterocycles. The first-order chi connectivity index (χ1) is 13.0. The number of carboxylic acids is 1. The van der Waals surface area contributed by atoms with E-state index in [1.54, 1.807) is 12.1 Å². The smallest absolute Gasteiger partial charge is 0.322 e. The Labute approximate surface area is 156 Å². The normalized spacial score (nSPS) is 18.7. The van der Waals surface area contributed by atoms with Gasteiger partial charge in [-0.25, -0.2) is 0 Å². The molecule has 0 aromatic heterocycles. The Morgan fingerprint density at radius 3 is 2.37 bits per heavy atom. The van der Waals surface area contributed by atoms with Crippen LogP contribution in [-0.2, 0) is 14.3 Å². The maximum absolute atomic E-state index is 12.7. The summed E-state index contributed by atoms with van der Waals surface area (Å²) in [5.74, 6) is -2.01. The molecule has 0 radical (unpaired) electrons. The van der Waals surface area contributed by atoms with Crippen molar-refractivity contribution in [3.05, 3.63) is 65.7 Å². The molecule has 3 rings (SSSR count). The number of anilines is 1. The van der Waals surface area contributed by atoms with Gasteiger partial charge in [0.2, 0.25) is 5.91 Å². The SMILES string of the molecule is O=C(O)CNC(=O)c1ccc(NC(=O)C2COCC2c2ccccc2)cc1. The molecule has 0 spiro atoms. The minimum absolute atomic E-state index is 0.00673. The van der Waals surface area contributed by atoms with Crippen LogP contribution < -0.4 is 10.6 Å². The lowest BCUT2D eigenvalue weighted by Gasteiger charge is -2.17. The van der Waals surface area contributed by atoms with Crippen molar-refractivity contribution in [3.63, 3.8) is 0 Å². The summed E-state index contributed by atoms with van der Waals surface area (Å²) < 4.78 is 5.52. The van der Waals surface area contributed by atoms with Gasteiger partial charge in [0.25, 0.3) is 5.91 Å². The number of carbonyl (C=O) groups excluding carboxylic acids is 2. The molecular formula is C20H20N2O5. The first-order valence-corrected chi connectivity index (χ1v) is 8.58. The van der Waals surface area contributed by atoms with Crippen LogP contribution >= 0.6 is 0 Å². The molecule has 2 amide bonds. The monoisotopic (exact) mass is 368 g/mol. The Balaban J connectivity index is 1.62. The van der Waals surface area contributed by atoms with Crippen LogP contribution in [0.4, 0.5) is 5.69 Å². The fourth-order valence-electron chi connectivity index (χ4n) is 3.04. The number of nitrogens with one attached hydrogen (secondary N) is 2. The average Bonchev–Trinajstić information content (AvgIpc) is 3.17. The number of carboxylic acid groups (broad SMARTS) is 1. The lowest BCUT2D eigenvalue weighted by molar-refractivity contribution is -0.135. The topological polar surface area (TPSA) is 105 Å². The number of benzene rings is 2. The number of hydrogen-bond donors (Lipinski definition) is 3. The van der Waals surface area contributed by atoms with E-state index in [0.717, 1.165) is 5.56 Å². The van der Waals surface area contributed by atoms with Crippen LogP contribution in [0.2, 0.25) is 0 Å². The van der Waals surface area contributed by atoms with Crippen LogP contribution in [0.3, 0.4) is 0 Å². The number of rotatable bonds is 6. The zero-order valence-corrected chi connectivity index (χ0v) is 14.6. The molecule has 2 aromatic rings. The molecule has 3 N–H and O–H groups in total. The maximum atomic E-state index is 12.7. The van der Waals surface area contributed by atoms with Crippen LogP contribution in [0.25, 0.3) is 0 Å². The van der Waals surface area contributed by atoms with Crippen molar-refractivity contribution in [3.8, 4) is 0 Å². The molecule has 7 heteroatoms. The van der Waals surface area contributed by atoms with Crippen LogP contribution in [0.15, 0.2) is 54.6 Å². The highest BCUT2D eigenvalue weighted by Gasteiger charge is 2.35. The van der Waals surface area contributed by atoms with Crippen molar-refractivity contribution in [2.24, 2.45) is 5.92 Å². The van der Waals surface area contributed by atoms with Crippen molar-refractivity contribution in [1.82, 2.24) is 5.32 Å². The molecule has 27 heavy (non-hydrogen) atoms. The Morgan fingerprint density at radius 1 is 1.00 bits per heavy atom. The van der Waals surface area contributed by atoms with Gasteiger partial charge in [0.1, 0.15) is 6.54 Å². The van der Waals surface area contributed by atoms with Crippen molar-refractivity contribution in [1.29, 1.82) is 0 Å². The number of carbonyl (C=O) groups is 3. The molecule has 1 saturated heterocycles. The van der Waals surface area contributed by atoms with Crippen LogP contribution in [0.1, 0.15) is 21.8 Å². The summed E-state index contributed by atoms with van der Waals surface area (Å²) in [6, 6.07) is 16.1. The van der Waals surface area contributed by atoms with Crippen LogP contribution in [0.5, 0.6) is 0 Å². The Hall–Kier alpha value is -3.19. The van der Waals surface area contributed by atoms with Gasteiger partial charge in [0, 0.05) is 17.2 Å². The summed E-state index contributed by atoms with van der Waals surface area (Å²) in [6.07, 6.45) is 0. The predicted molar refractivity (Wildman–Crippen MR) is 98.5 cm³/mol. The third-order valence-corrected chi connectivity index (χ3v) is 4.46. The summed E-state index contributed by atoms with van der Waals surface area (Å²) in [5.41, 5.74) is 1.95. The van der Waals surface area contributed by atoms with E-state index < -0.39 is 18.4 Å². The molecule has 1 heterocycles. The molecule has 1 fully saturated rings. The molecule has 2 unspecified atom stereocenters. The molecule has 0 bridgehead atoms. The summed E-state index contributed by atoms with van der Waals surface area (Å²) >= 11 is 0. The quantitative estimate of drug-likeness (QED) is 0.722. The molecule has 2 aromatic carbocycles. The van der Waals surface area contributed by atoms with Gasteiger partial charge < -0.3 is 20.5 Å². The van der Waals surface area contributed by atoms with Gasteiger partial charge in [-0.05, 0) is 29.8 Å². The summed E-state index contributed by atoms with van der Waals surface area (Å²) in [6.45, 7) is 0.422. The van der Waals surface area contributed by atoms with Crippen LogP contribution in [-0.4, -0.2) is 42.6 Å². The van der Waals surface area contributed by atoms with E-state index in [1.165, 1.54) is 12.1 Å². The Kier molecular flexibility index (Phi) is 5.83. The molecule has 7 nitrogen and oxygen atoms in total. The lowest BCUT2D eigenvalue weighted by Crippen LogP contribution is -2.29. The fraction of sp³-hybridized carbons (Fsp3) is 0.250. The zero-order valence-electron chi connectivity index (χ0n) is 14.6. The van der Waals surface area contributed by atoms with Gasteiger partial charge in [-0.2, -0.15) is 0 Å². The first kappa shape index (κ1) is 18.6. The molecule has 2 atom stereocenters. The van der Waals surface area contributed by atoms with E-state index >= 15 is 0 Å². The predicted octanol–water partition coefficient (Wildman–Crippen LogP) is 1.87. The first-order valence-electron chi connectivity index (χ1n) is 8.58. The molecule has 140 valence electrons. The molecular weight excluding hydrogens is 348 g/mol. The van der Waals surface area contributed by atoms with E-state index in [4.69, 9.17) is 9.84 Å². The highest BCUT2D eigenvalue weighted by Crippen LogP contribution is 2.31. The average molecular weight is 368 g/mol. The van der Waals surface area contributed by atoms with Gasteiger partial charge in [-0.15, -0.1) is 0 Å². The minimum Gasteiger partial charge on any atom is -0.480 e. The zero-order chi connectivity index (χ0) is 19.2. The number of ether oxygens (including phenoxy) is 1. The van der Waals surface area contributed by atoms with E-state index in [9.17, 15) is 14.4 Å². The largest absolute Gasteiger partial charge is 0.480 e.